The van der Waals surface area contributed by atoms with Gasteiger partial charge in [-0.15, -0.1) is 0 Å². The third kappa shape index (κ3) is 3.61. The molecule has 0 saturated carbocycles. The summed E-state index contributed by atoms with van der Waals surface area (Å²) in [6, 6.07) is 7.36. The first-order valence-corrected chi connectivity index (χ1v) is 6.88. The number of benzene rings is 2. The fourth-order valence-electron chi connectivity index (χ4n) is 1.87. The molecule has 0 saturated heterocycles. The standard InChI is InChI=1S/C15H11ClN2O6/c1-24-15(21)9-3-5-11(13(19)7-9)17-14(20)8-2-4-10(16)12(6-8)18(22)23/h2-7,19H,1H3,(H,17,20). The van der Waals surface area contributed by atoms with Crippen LogP contribution >= 0.6 is 11.6 Å². The van der Waals surface area contributed by atoms with Gasteiger partial charge >= 0.3 is 5.97 Å². The van der Waals surface area contributed by atoms with E-state index in [2.05, 4.69) is 10.1 Å². The number of carbonyl (C=O) groups excluding carboxylic acids is 2. The van der Waals surface area contributed by atoms with Crippen molar-refractivity contribution < 1.29 is 24.4 Å². The van der Waals surface area contributed by atoms with E-state index in [0.717, 1.165) is 12.1 Å². The maximum Gasteiger partial charge on any atom is 0.337 e. The van der Waals surface area contributed by atoms with Gasteiger partial charge in [-0.25, -0.2) is 4.79 Å². The van der Waals surface area contributed by atoms with Crippen LogP contribution in [0.2, 0.25) is 5.02 Å². The molecule has 0 fully saturated rings. The number of hydrogen-bond donors (Lipinski definition) is 2. The van der Waals surface area contributed by atoms with Crippen LogP contribution in [-0.4, -0.2) is 29.0 Å². The van der Waals surface area contributed by atoms with Gasteiger partial charge in [-0.05, 0) is 30.3 Å². The van der Waals surface area contributed by atoms with Gasteiger partial charge in [-0.1, -0.05) is 11.6 Å². The van der Waals surface area contributed by atoms with Crippen molar-refractivity contribution in [3.05, 3.63) is 62.7 Å². The molecular weight excluding hydrogens is 340 g/mol. The van der Waals surface area contributed by atoms with Crippen molar-refractivity contribution in [2.75, 3.05) is 12.4 Å². The molecule has 0 unspecified atom stereocenters. The van der Waals surface area contributed by atoms with Gasteiger partial charge < -0.3 is 15.2 Å². The molecule has 0 aliphatic carbocycles. The van der Waals surface area contributed by atoms with Gasteiger partial charge in [0.05, 0.1) is 23.3 Å². The van der Waals surface area contributed by atoms with Gasteiger partial charge in [-0.3, -0.25) is 14.9 Å². The Morgan fingerprint density at radius 3 is 2.46 bits per heavy atom. The number of hydrogen-bond acceptors (Lipinski definition) is 6. The summed E-state index contributed by atoms with van der Waals surface area (Å²) in [5, 5.41) is 23.0. The van der Waals surface area contributed by atoms with Crippen LogP contribution in [0.5, 0.6) is 5.75 Å². The first-order chi connectivity index (χ1) is 11.3. The highest BCUT2D eigenvalue weighted by atomic mass is 35.5. The molecule has 0 radical (unpaired) electrons. The Labute approximate surface area is 140 Å². The topological polar surface area (TPSA) is 119 Å². The molecule has 1 amide bonds. The average molecular weight is 351 g/mol. The summed E-state index contributed by atoms with van der Waals surface area (Å²) in [5.74, 6) is -1.68. The number of amides is 1. The van der Waals surface area contributed by atoms with Gasteiger partial charge in [0.2, 0.25) is 0 Å². The van der Waals surface area contributed by atoms with Crippen molar-refractivity contribution in [2.45, 2.75) is 0 Å². The minimum Gasteiger partial charge on any atom is -0.506 e. The Morgan fingerprint density at radius 1 is 1.21 bits per heavy atom. The number of aromatic hydroxyl groups is 1. The van der Waals surface area contributed by atoms with Crippen LogP contribution in [0.25, 0.3) is 0 Å². The fourth-order valence-corrected chi connectivity index (χ4v) is 2.06. The number of anilines is 1. The van der Waals surface area contributed by atoms with Crippen molar-refractivity contribution in [3.63, 3.8) is 0 Å². The molecule has 24 heavy (non-hydrogen) atoms. The number of ether oxygens (including phenoxy) is 1. The number of carbonyl (C=O) groups is 2. The molecule has 2 aromatic rings. The molecule has 0 aliphatic heterocycles. The van der Waals surface area contributed by atoms with Crippen LogP contribution in [0, 0.1) is 10.1 Å². The van der Waals surface area contributed by atoms with E-state index in [1.807, 2.05) is 0 Å². The molecule has 2 N–H and O–H groups in total. The molecule has 8 nitrogen and oxygen atoms in total. The van der Waals surface area contributed by atoms with E-state index in [0.29, 0.717) is 0 Å². The number of nitrogens with zero attached hydrogens (tertiary/aromatic N) is 1. The molecule has 124 valence electrons. The average Bonchev–Trinajstić information content (AvgIpc) is 2.55. The SMILES string of the molecule is COC(=O)c1ccc(NC(=O)c2ccc(Cl)c([N+](=O)[O-])c2)c(O)c1. The lowest BCUT2D eigenvalue weighted by Gasteiger charge is -2.09. The first-order valence-electron chi connectivity index (χ1n) is 6.50. The predicted octanol–water partition coefficient (Wildman–Crippen LogP) is 2.99. The third-order valence-corrected chi connectivity index (χ3v) is 3.39. The van der Waals surface area contributed by atoms with Crippen molar-refractivity contribution in [2.24, 2.45) is 0 Å². The number of phenolic OH excluding ortho intramolecular Hbond substituents is 1. The number of rotatable bonds is 4. The van der Waals surface area contributed by atoms with Crippen molar-refractivity contribution in [1.82, 2.24) is 0 Å². The smallest absolute Gasteiger partial charge is 0.337 e. The lowest BCUT2D eigenvalue weighted by molar-refractivity contribution is -0.384. The lowest BCUT2D eigenvalue weighted by Crippen LogP contribution is -2.12. The predicted molar refractivity (Wildman–Crippen MR) is 85.5 cm³/mol. The number of methoxy groups -OCH3 is 1. The highest BCUT2D eigenvalue weighted by Gasteiger charge is 2.17. The molecule has 0 aliphatic rings. The van der Waals surface area contributed by atoms with E-state index < -0.39 is 22.5 Å². The van der Waals surface area contributed by atoms with Gasteiger partial charge in [0, 0.05) is 11.6 Å². The minimum absolute atomic E-state index is 0.0115. The Hall–Kier alpha value is -3.13. The van der Waals surface area contributed by atoms with E-state index in [1.54, 1.807) is 0 Å². The van der Waals surface area contributed by atoms with E-state index >= 15 is 0 Å². The number of nitrogens with one attached hydrogen (secondary N) is 1. The van der Waals surface area contributed by atoms with E-state index in [1.165, 1.54) is 31.4 Å². The molecular formula is C15H11ClN2O6. The highest BCUT2D eigenvalue weighted by Crippen LogP contribution is 2.28. The number of nitro groups is 1. The Kier molecular flexibility index (Phi) is 5.00. The zero-order valence-corrected chi connectivity index (χ0v) is 13.0. The molecule has 0 spiro atoms. The minimum atomic E-state index is -0.707. The van der Waals surface area contributed by atoms with Crippen LogP contribution < -0.4 is 5.32 Å². The maximum atomic E-state index is 12.1. The van der Waals surface area contributed by atoms with Gasteiger partial charge in [0.1, 0.15) is 10.8 Å². The molecule has 0 bridgehead atoms. The number of halogens is 1. The van der Waals surface area contributed by atoms with E-state index in [9.17, 15) is 24.8 Å². The Balaban J connectivity index is 2.25. The van der Waals surface area contributed by atoms with E-state index in [-0.39, 0.29) is 27.6 Å². The second kappa shape index (κ2) is 6.97. The van der Waals surface area contributed by atoms with Crippen LogP contribution in [0.3, 0.4) is 0 Å². The summed E-state index contributed by atoms with van der Waals surface area (Å²) in [6.45, 7) is 0. The highest BCUT2D eigenvalue weighted by molar-refractivity contribution is 6.32. The van der Waals surface area contributed by atoms with Crippen LogP contribution in [0.15, 0.2) is 36.4 Å². The van der Waals surface area contributed by atoms with Gasteiger partial charge in [-0.2, -0.15) is 0 Å². The third-order valence-electron chi connectivity index (χ3n) is 3.07. The number of esters is 1. The zero-order valence-electron chi connectivity index (χ0n) is 12.3. The van der Waals surface area contributed by atoms with Gasteiger partial charge in [0.25, 0.3) is 11.6 Å². The zero-order chi connectivity index (χ0) is 17.9. The second-order valence-corrected chi connectivity index (χ2v) is 5.01. The monoisotopic (exact) mass is 350 g/mol. The summed E-state index contributed by atoms with van der Waals surface area (Å²) in [7, 11) is 1.20. The lowest BCUT2D eigenvalue weighted by atomic mass is 10.1. The van der Waals surface area contributed by atoms with E-state index in [4.69, 9.17) is 11.6 Å². The Morgan fingerprint density at radius 2 is 1.88 bits per heavy atom. The molecule has 2 rings (SSSR count). The summed E-state index contributed by atoms with van der Waals surface area (Å²) < 4.78 is 4.51. The molecule has 0 atom stereocenters. The van der Waals surface area contributed by atoms with Crippen molar-refractivity contribution in [1.29, 1.82) is 0 Å². The summed E-state index contributed by atoms with van der Waals surface area (Å²) in [4.78, 5) is 33.6. The fraction of sp³-hybridized carbons (Fsp3) is 0.0667. The maximum absolute atomic E-state index is 12.1. The normalized spacial score (nSPS) is 10.1. The van der Waals surface area contributed by atoms with Crippen molar-refractivity contribution in [3.8, 4) is 5.75 Å². The van der Waals surface area contributed by atoms with Crippen LogP contribution in [-0.2, 0) is 4.74 Å². The summed E-state index contributed by atoms with van der Waals surface area (Å²) in [6.07, 6.45) is 0. The summed E-state index contributed by atoms with van der Waals surface area (Å²) in [5.41, 5.74) is -0.280. The molecule has 9 heteroatoms. The van der Waals surface area contributed by atoms with Gasteiger partial charge in [0.15, 0.2) is 0 Å². The number of nitro benzene ring substituents is 1. The van der Waals surface area contributed by atoms with Crippen LogP contribution in [0.4, 0.5) is 11.4 Å². The quantitative estimate of drug-likeness (QED) is 0.378. The molecule has 0 heterocycles. The largest absolute Gasteiger partial charge is 0.506 e. The van der Waals surface area contributed by atoms with Crippen LogP contribution in [0.1, 0.15) is 20.7 Å². The van der Waals surface area contributed by atoms with Crippen molar-refractivity contribution >= 4 is 34.9 Å². The number of phenols is 1. The molecule has 2 aromatic carbocycles. The summed E-state index contributed by atoms with van der Waals surface area (Å²) >= 11 is 5.68. The molecule has 0 aromatic heterocycles. The Bertz CT molecular complexity index is 837. The first kappa shape index (κ1) is 17.2. The second-order valence-electron chi connectivity index (χ2n) is 4.60.